The number of oxazole rings is 1. The van der Waals surface area contributed by atoms with E-state index >= 15 is 0 Å². The highest BCUT2D eigenvalue weighted by Crippen LogP contribution is 2.32. The number of nitrogens with zero attached hydrogens (tertiary/aromatic N) is 3. The molecule has 0 bridgehead atoms. The van der Waals surface area contributed by atoms with E-state index in [2.05, 4.69) is 27.0 Å². The number of anilines is 2. The fraction of sp³-hybridized carbons (Fsp3) is 0.250. The van der Waals surface area contributed by atoms with Gasteiger partial charge in [0.15, 0.2) is 5.58 Å². The van der Waals surface area contributed by atoms with E-state index in [1.54, 1.807) is 6.07 Å². The normalized spacial score (nSPS) is 14.2. The second kappa shape index (κ2) is 5.49. The molecule has 2 aromatic heterocycles. The van der Waals surface area contributed by atoms with E-state index in [1.807, 2.05) is 31.1 Å². The van der Waals surface area contributed by atoms with Crippen LogP contribution in [0.15, 0.2) is 40.8 Å². The van der Waals surface area contributed by atoms with Gasteiger partial charge < -0.3 is 19.2 Å². The highest BCUT2D eigenvalue weighted by atomic mass is 19.1. The Hall–Kier alpha value is -3.02. The van der Waals surface area contributed by atoms with Crippen molar-refractivity contribution in [2.45, 2.75) is 13.0 Å². The lowest BCUT2D eigenvalue weighted by atomic mass is 10.0. The maximum atomic E-state index is 13.7. The van der Waals surface area contributed by atoms with E-state index in [9.17, 15) is 4.39 Å². The Balaban J connectivity index is 1.53. The van der Waals surface area contributed by atoms with E-state index < -0.39 is 0 Å². The summed E-state index contributed by atoms with van der Waals surface area (Å²) in [5.41, 5.74) is 6.12. The molecule has 0 atom stereocenters. The first-order chi connectivity index (χ1) is 12.6. The van der Waals surface area contributed by atoms with Gasteiger partial charge in [-0.1, -0.05) is 0 Å². The number of fused-ring (bicyclic) bond motifs is 4. The molecular weight excluding hydrogens is 331 g/mol. The number of aromatic nitrogens is 2. The number of hydrogen-bond donors (Lipinski definition) is 1. The highest BCUT2D eigenvalue weighted by molar-refractivity contribution is 5.86. The first kappa shape index (κ1) is 15.3. The first-order valence-corrected chi connectivity index (χ1v) is 8.70. The van der Waals surface area contributed by atoms with Crippen molar-refractivity contribution in [1.82, 2.24) is 9.97 Å². The van der Waals surface area contributed by atoms with E-state index in [0.717, 1.165) is 47.2 Å². The molecule has 0 radical (unpaired) electrons. The van der Waals surface area contributed by atoms with Crippen molar-refractivity contribution < 1.29 is 8.81 Å². The fourth-order valence-electron chi connectivity index (χ4n) is 3.70. The van der Waals surface area contributed by atoms with Crippen molar-refractivity contribution in [3.8, 4) is 0 Å². The summed E-state index contributed by atoms with van der Waals surface area (Å²) in [6.45, 7) is 1.66. The van der Waals surface area contributed by atoms with Gasteiger partial charge in [0.2, 0.25) is 0 Å². The predicted octanol–water partition coefficient (Wildman–Crippen LogP) is 4.08. The molecule has 4 aromatic rings. The maximum absolute atomic E-state index is 13.7. The Morgan fingerprint density at radius 3 is 2.92 bits per heavy atom. The monoisotopic (exact) mass is 350 g/mol. The lowest BCUT2D eigenvalue weighted by molar-refractivity contribution is 0.596. The minimum Gasteiger partial charge on any atom is -0.423 e. The second-order valence-electron chi connectivity index (χ2n) is 6.99. The Kier molecular flexibility index (Phi) is 3.22. The highest BCUT2D eigenvalue weighted by Gasteiger charge is 2.22. The molecular formula is C20H19FN4O. The van der Waals surface area contributed by atoms with E-state index in [4.69, 9.17) is 4.42 Å². The van der Waals surface area contributed by atoms with E-state index in [0.29, 0.717) is 6.01 Å². The van der Waals surface area contributed by atoms with Crippen LogP contribution in [-0.4, -0.2) is 30.6 Å². The van der Waals surface area contributed by atoms with E-state index in [1.165, 1.54) is 17.3 Å². The van der Waals surface area contributed by atoms with Gasteiger partial charge >= 0.3 is 0 Å². The zero-order chi connectivity index (χ0) is 17.8. The summed E-state index contributed by atoms with van der Waals surface area (Å²) in [7, 11) is 3.82. The largest absolute Gasteiger partial charge is 0.423 e. The van der Waals surface area contributed by atoms with Gasteiger partial charge in [0.1, 0.15) is 11.3 Å². The van der Waals surface area contributed by atoms with Crippen molar-refractivity contribution in [3.63, 3.8) is 0 Å². The quantitative estimate of drug-likeness (QED) is 0.592. The lowest BCUT2D eigenvalue weighted by Gasteiger charge is -2.29. The smallest absolute Gasteiger partial charge is 0.297 e. The topological polar surface area (TPSA) is 48.3 Å². The summed E-state index contributed by atoms with van der Waals surface area (Å²) in [6.07, 6.45) is 0.908. The summed E-state index contributed by atoms with van der Waals surface area (Å²) in [5.74, 6) is -0.198. The molecule has 6 heteroatoms. The molecule has 5 nitrogen and oxygen atoms in total. The third-order valence-electron chi connectivity index (χ3n) is 5.04. The fourth-order valence-corrected chi connectivity index (χ4v) is 3.70. The molecule has 26 heavy (non-hydrogen) atoms. The number of H-pyrrole nitrogens is 1. The van der Waals surface area contributed by atoms with E-state index in [-0.39, 0.29) is 5.82 Å². The van der Waals surface area contributed by atoms with Gasteiger partial charge in [0, 0.05) is 61.5 Å². The Labute approximate surface area is 150 Å². The van der Waals surface area contributed by atoms with Crippen molar-refractivity contribution in [2.24, 2.45) is 0 Å². The summed E-state index contributed by atoms with van der Waals surface area (Å²) < 4.78 is 19.4. The van der Waals surface area contributed by atoms with Gasteiger partial charge in [-0.3, -0.25) is 0 Å². The molecule has 0 aliphatic carbocycles. The molecule has 2 aromatic carbocycles. The van der Waals surface area contributed by atoms with Crippen molar-refractivity contribution in [1.29, 1.82) is 0 Å². The lowest BCUT2D eigenvalue weighted by Crippen LogP contribution is -2.29. The van der Waals surface area contributed by atoms with Crippen molar-refractivity contribution in [2.75, 3.05) is 30.4 Å². The van der Waals surface area contributed by atoms with Crippen molar-refractivity contribution >= 4 is 33.7 Å². The van der Waals surface area contributed by atoms with Crippen LogP contribution in [0, 0.1) is 5.82 Å². The van der Waals surface area contributed by atoms with Crippen LogP contribution in [0.4, 0.5) is 16.1 Å². The van der Waals surface area contributed by atoms with Crippen LogP contribution in [0.1, 0.15) is 11.3 Å². The summed E-state index contributed by atoms with van der Waals surface area (Å²) in [6, 6.07) is 11.6. The molecule has 0 saturated heterocycles. The van der Waals surface area contributed by atoms with Crippen LogP contribution >= 0.6 is 0 Å². The third kappa shape index (κ3) is 2.33. The Morgan fingerprint density at radius 2 is 2.08 bits per heavy atom. The van der Waals surface area contributed by atoms with Gasteiger partial charge in [-0.25, -0.2) is 4.39 Å². The molecule has 0 fully saturated rings. The molecule has 0 amide bonds. The van der Waals surface area contributed by atoms with Crippen LogP contribution in [0.25, 0.3) is 22.0 Å². The molecule has 1 N–H and O–H groups in total. The average molecular weight is 350 g/mol. The predicted molar refractivity (Wildman–Crippen MR) is 101 cm³/mol. The van der Waals surface area contributed by atoms with Crippen LogP contribution in [-0.2, 0) is 13.0 Å². The minimum atomic E-state index is -0.198. The average Bonchev–Trinajstić information content (AvgIpc) is 3.21. The van der Waals surface area contributed by atoms with Crippen LogP contribution in [0.5, 0.6) is 0 Å². The molecule has 1 aliphatic heterocycles. The minimum absolute atomic E-state index is 0.198. The molecule has 1 aliphatic rings. The molecule has 0 saturated carbocycles. The molecule has 0 unspecified atom stereocenters. The Bertz CT molecular complexity index is 1130. The number of aromatic amines is 1. The molecule has 0 spiro atoms. The zero-order valence-electron chi connectivity index (χ0n) is 14.7. The van der Waals surface area contributed by atoms with Gasteiger partial charge in [0.05, 0.1) is 0 Å². The number of rotatable bonds is 2. The van der Waals surface area contributed by atoms with Crippen LogP contribution in [0.2, 0.25) is 0 Å². The molecule has 3 heterocycles. The van der Waals surface area contributed by atoms with Gasteiger partial charge in [-0.15, -0.1) is 0 Å². The summed E-state index contributed by atoms with van der Waals surface area (Å²) in [5, 5.41) is 0.974. The van der Waals surface area contributed by atoms with Gasteiger partial charge in [-0.2, -0.15) is 4.98 Å². The molecule has 132 valence electrons. The van der Waals surface area contributed by atoms with Crippen LogP contribution < -0.4 is 9.80 Å². The number of benzene rings is 2. The Morgan fingerprint density at radius 1 is 1.19 bits per heavy atom. The second-order valence-corrected chi connectivity index (χ2v) is 6.99. The third-order valence-corrected chi connectivity index (χ3v) is 5.04. The standard InChI is InChI=1S/C20H19FN4O/c1-24(2)20-23-18-10-13(4-6-19(18)26-20)25-8-7-17-15(11-25)14-9-12(21)3-5-16(14)22-17/h3-6,9-10,22H,7-8,11H2,1-2H3. The van der Waals surface area contributed by atoms with Crippen molar-refractivity contribution in [3.05, 3.63) is 53.5 Å². The zero-order valence-corrected chi connectivity index (χ0v) is 14.7. The van der Waals surface area contributed by atoms with Gasteiger partial charge in [0.25, 0.3) is 6.01 Å². The number of hydrogen-bond acceptors (Lipinski definition) is 4. The number of halogens is 1. The van der Waals surface area contributed by atoms with Crippen LogP contribution in [0.3, 0.4) is 0 Å². The van der Waals surface area contributed by atoms with Gasteiger partial charge in [-0.05, 0) is 36.4 Å². The number of nitrogens with one attached hydrogen (secondary N) is 1. The summed E-state index contributed by atoms with van der Waals surface area (Å²) in [4.78, 5) is 12.1. The molecule has 5 rings (SSSR count). The summed E-state index contributed by atoms with van der Waals surface area (Å²) >= 11 is 0. The maximum Gasteiger partial charge on any atom is 0.297 e. The SMILES string of the molecule is CN(C)c1nc2cc(N3CCc4[nH]c5ccc(F)cc5c4C3)ccc2o1. The first-order valence-electron chi connectivity index (χ1n) is 8.70.